The molecule has 3 fully saturated rings. The van der Waals surface area contributed by atoms with Crippen LogP contribution < -0.4 is 0 Å². The second-order valence-corrected chi connectivity index (χ2v) is 8.35. The molecule has 0 radical (unpaired) electrons. The molecule has 0 aromatic heterocycles. The summed E-state index contributed by atoms with van der Waals surface area (Å²) >= 11 is 0. The van der Waals surface area contributed by atoms with E-state index in [2.05, 4.69) is 17.9 Å². The van der Waals surface area contributed by atoms with Crippen LogP contribution in [0.3, 0.4) is 0 Å². The van der Waals surface area contributed by atoms with Crippen molar-refractivity contribution in [1.82, 2.24) is 4.90 Å². The molecule has 5 heteroatoms. The number of carbonyl (C=O) groups excluding carboxylic acids is 2. The second kappa shape index (κ2) is 6.11. The molecule has 0 unspecified atom stereocenters. The first-order valence-corrected chi connectivity index (χ1v) is 9.73. The Kier molecular flexibility index (Phi) is 4.18. The van der Waals surface area contributed by atoms with Gasteiger partial charge in [-0.1, -0.05) is 13.0 Å². The van der Waals surface area contributed by atoms with Crippen molar-refractivity contribution in [1.29, 1.82) is 0 Å². The number of rotatable bonds is 2. The van der Waals surface area contributed by atoms with Gasteiger partial charge in [-0.25, -0.2) is 0 Å². The monoisotopic (exact) mass is 347 g/mol. The van der Waals surface area contributed by atoms with E-state index in [1.807, 2.05) is 0 Å². The largest absolute Gasteiger partial charge is 0.462 e. The summed E-state index contributed by atoms with van der Waals surface area (Å²) in [6, 6.07) is 0. The average molecular weight is 347 g/mol. The van der Waals surface area contributed by atoms with Crippen LogP contribution in [0.4, 0.5) is 0 Å². The molecule has 2 heterocycles. The number of esters is 2. The van der Waals surface area contributed by atoms with Crippen molar-refractivity contribution in [3.8, 4) is 0 Å². The molecule has 0 aromatic carbocycles. The molecule has 2 bridgehead atoms. The van der Waals surface area contributed by atoms with Gasteiger partial charge in [-0.2, -0.15) is 0 Å². The Bertz CT molecular complexity index is 615. The van der Waals surface area contributed by atoms with E-state index in [1.54, 1.807) is 0 Å². The molecule has 1 saturated heterocycles. The predicted molar refractivity (Wildman–Crippen MR) is 92.7 cm³/mol. The maximum atomic E-state index is 11.7. The summed E-state index contributed by atoms with van der Waals surface area (Å²) in [5, 5.41) is 0. The van der Waals surface area contributed by atoms with Gasteiger partial charge in [0, 0.05) is 37.8 Å². The van der Waals surface area contributed by atoms with Crippen molar-refractivity contribution in [2.24, 2.45) is 17.8 Å². The fourth-order valence-corrected chi connectivity index (χ4v) is 6.39. The Morgan fingerprint density at radius 2 is 1.96 bits per heavy atom. The highest BCUT2D eigenvalue weighted by Gasteiger charge is 2.63. The summed E-state index contributed by atoms with van der Waals surface area (Å²) in [5.41, 5.74) is 1.48. The number of nitrogens with zero attached hydrogens (tertiary/aromatic N) is 1. The summed E-state index contributed by atoms with van der Waals surface area (Å²) < 4.78 is 11.6. The molecular weight excluding hydrogens is 318 g/mol. The van der Waals surface area contributed by atoms with Gasteiger partial charge in [0.15, 0.2) is 0 Å². The first-order chi connectivity index (χ1) is 11.9. The lowest BCUT2D eigenvalue weighted by molar-refractivity contribution is -0.183. The Morgan fingerprint density at radius 1 is 1.20 bits per heavy atom. The first-order valence-electron chi connectivity index (χ1n) is 9.73. The minimum absolute atomic E-state index is 0.00952. The van der Waals surface area contributed by atoms with Gasteiger partial charge in [0.2, 0.25) is 0 Å². The molecular formula is C20H29NO4. The SMILES string of the molecule is CC(=O)O[C@@H]1[C@@H](C)C[C@]23C4=CCCN2CCC[C@H]3[C@H](OC(C)=O)C[C@@H]41. The maximum Gasteiger partial charge on any atom is 0.302 e. The lowest BCUT2D eigenvalue weighted by atomic mass is 9.51. The lowest BCUT2D eigenvalue weighted by Gasteiger charge is -2.65. The fourth-order valence-electron chi connectivity index (χ4n) is 6.39. The third-order valence-electron chi connectivity index (χ3n) is 6.93. The highest BCUT2D eigenvalue weighted by molar-refractivity contribution is 5.67. The zero-order chi connectivity index (χ0) is 17.8. The van der Waals surface area contributed by atoms with Crippen molar-refractivity contribution < 1.29 is 19.1 Å². The van der Waals surface area contributed by atoms with E-state index in [4.69, 9.17) is 9.47 Å². The van der Waals surface area contributed by atoms with Crippen LogP contribution in [0.2, 0.25) is 0 Å². The first kappa shape index (κ1) is 17.1. The molecule has 25 heavy (non-hydrogen) atoms. The van der Waals surface area contributed by atoms with Crippen LogP contribution in [0.1, 0.15) is 52.9 Å². The Hall–Kier alpha value is -1.36. The molecule has 0 N–H and O–H groups in total. The van der Waals surface area contributed by atoms with Gasteiger partial charge in [-0.15, -0.1) is 0 Å². The smallest absolute Gasteiger partial charge is 0.302 e. The third kappa shape index (κ3) is 2.54. The number of hydrogen-bond acceptors (Lipinski definition) is 5. The zero-order valence-electron chi connectivity index (χ0n) is 15.5. The van der Waals surface area contributed by atoms with Crippen LogP contribution >= 0.6 is 0 Å². The summed E-state index contributed by atoms with van der Waals surface area (Å²) in [6.45, 7) is 7.43. The molecule has 5 nitrogen and oxygen atoms in total. The van der Waals surface area contributed by atoms with Gasteiger partial charge < -0.3 is 9.47 Å². The van der Waals surface area contributed by atoms with Gasteiger partial charge in [0.1, 0.15) is 12.2 Å². The number of hydrogen-bond donors (Lipinski definition) is 0. The van der Waals surface area contributed by atoms with Gasteiger partial charge >= 0.3 is 11.9 Å². The Balaban J connectivity index is 1.78. The number of carbonyl (C=O) groups is 2. The molecule has 4 aliphatic rings. The molecule has 1 spiro atoms. The molecule has 4 rings (SSSR count). The molecule has 138 valence electrons. The van der Waals surface area contributed by atoms with Crippen molar-refractivity contribution in [3.63, 3.8) is 0 Å². The minimum atomic E-state index is -0.212. The standard InChI is InChI=1S/C20H29NO4/c1-12-11-20-16-6-4-8-21(20)9-5-7-17(20)18(24-13(2)22)10-15(16)19(12)25-14(3)23/h6,12,15,17-19H,4-5,7-11H2,1-3H3/t12-,15-,17-,18+,19+,20+/m0/s1. The van der Waals surface area contributed by atoms with Crippen molar-refractivity contribution in [2.75, 3.05) is 13.1 Å². The van der Waals surface area contributed by atoms with Crippen LogP contribution in [-0.4, -0.2) is 47.7 Å². The summed E-state index contributed by atoms with van der Waals surface area (Å²) in [4.78, 5) is 26.1. The van der Waals surface area contributed by atoms with Gasteiger partial charge in [-0.3, -0.25) is 14.5 Å². The molecule has 2 aliphatic carbocycles. The molecule has 2 saturated carbocycles. The van der Waals surface area contributed by atoms with Crippen molar-refractivity contribution in [3.05, 3.63) is 11.6 Å². The zero-order valence-corrected chi connectivity index (χ0v) is 15.5. The molecule has 0 aromatic rings. The Labute approximate surface area is 149 Å². The van der Waals surface area contributed by atoms with E-state index in [0.717, 1.165) is 38.8 Å². The quantitative estimate of drug-likeness (QED) is 0.568. The topological polar surface area (TPSA) is 55.8 Å². The van der Waals surface area contributed by atoms with E-state index in [0.29, 0.717) is 11.8 Å². The van der Waals surface area contributed by atoms with E-state index >= 15 is 0 Å². The minimum Gasteiger partial charge on any atom is -0.462 e. The highest BCUT2D eigenvalue weighted by atomic mass is 16.5. The van der Waals surface area contributed by atoms with E-state index in [9.17, 15) is 9.59 Å². The van der Waals surface area contributed by atoms with Gasteiger partial charge in [0.05, 0.1) is 0 Å². The van der Waals surface area contributed by atoms with E-state index < -0.39 is 0 Å². The van der Waals surface area contributed by atoms with E-state index in [1.165, 1.54) is 25.8 Å². The van der Waals surface area contributed by atoms with Crippen molar-refractivity contribution >= 4 is 11.9 Å². The Morgan fingerprint density at radius 3 is 2.68 bits per heavy atom. The second-order valence-electron chi connectivity index (χ2n) is 8.35. The fraction of sp³-hybridized carbons (Fsp3) is 0.800. The summed E-state index contributed by atoms with van der Waals surface area (Å²) in [6.07, 6.45) is 7.38. The summed E-state index contributed by atoms with van der Waals surface area (Å²) in [7, 11) is 0. The molecule has 2 aliphatic heterocycles. The van der Waals surface area contributed by atoms with Crippen LogP contribution in [0.5, 0.6) is 0 Å². The maximum absolute atomic E-state index is 11.7. The third-order valence-corrected chi connectivity index (χ3v) is 6.93. The van der Waals surface area contributed by atoms with Crippen LogP contribution in [0, 0.1) is 17.8 Å². The average Bonchev–Trinajstić information content (AvgIpc) is 2.53. The number of piperidine rings is 1. The molecule has 0 amide bonds. The molecule has 6 atom stereocenters. The van der Waals surface area contributed by atoms with Crippen molar-refractivity contribution in [2.45, 2.75) is 70.6 Å². The van der Waals surface area contributed by atoms with E-state index in [-0.39, 0.29) is 35.6 Å². The van der Waals surface area contributed by atoms with Gasteiger partial charge in [-0.05, 0) is 50.1 Å². The van der Waals surface area contributed by atoms with Crippen LogP contribution in [0.15, 0.2) is 11.6 Å². The highest BCUT2D eigenvalue weighted by Crippen LogP contribution is 2.59. The predicted octanol–water partition coefficient (Wildman–Crippen LogP) is 2.69. The number of ether oxygens (including phenoxy) is 2. The van der Waals surface area contributed by atoms with Crippen LogP contribution in [0.25, 0.3) is 0 Å². The summed E-state index contributed by atoms with van der Waals surface area (Å²) in [5.74, 6) is 0.459. The normalized spacial score (nSPS) is 42.8. The van der Waals surface area contributed by atoms with Crippen LogP contribution in [-0.2, 0) is 19.1 Å². The van der Waals surface area contributed by atoms with Gasteiger partial charge in [0.25, 0.3) is 0 Å². The lowest BCUT2D eigenvalue weighted by Crippen LogP contribution is -2.71.